The third-order valence-corrected chi connectivity index (χ3v) is 3.49. The standard InChI is InChI=1S/C18H16/c1-13-6-8-15(9-7-13)17-11-10-16-5-3-4-14(2)18(16)12-17/h3-12H,1-2H3. The van der Waals surface area contributed by atoms with Gasteiger partial charge in [-0.2, -0.15) is 0 Å². The highest BCUT2D eigenvalue weighted by atomic mass is 14.1. The molecular weight excluding hydrogens is 216 g/mol. The largest absolute Gasteiger partial charge is 0.0614 e. The van der Waals surface area contributed by atoms with Crippen LogP contribution >= 0.6 is 0 Å². The van der Waals surface area contributed by atoms with Crippen LogP contribution in [-0.2, 0) is 0 Å². The Labute approximate surface area is 108 Å². The highest BCUT2D eigenvalue weighted by Crippen LogP contribution is 2.26. The highest BCUT2D eigenvalue weighted by Gasteiger charge is 2.01. The Morgan fingerprint density at radius 1 is 0.667 bits per heavy atom. The van der Waals surface area contributed by atoms with Crippen molar-refractivity contribution < 1.29 is 0 Å². The van der Waals surface area contributed by atoms with Crippen LogP contribution in [0.15, 0.2) is 60.7 Å². The minimum absolute atomic E-state index is 1.28. The molecule has 3 aromatic carbocycles. The Bertz CT molecular complexity index is 691. The molecule has 0 heteroatoms. The summed E-state index contributed by atoms with van der Waals surface area (Å²) in [7, 11) is 0. The van der Waals surface area contributed by atoms with E-state index in [1.54, 1.807) is 0 Å². The fourth-order valence-electron chi connectivity index (χ4n) is 2.35. The fourth-order valence-corrected chi connectivity index (χ4v) is 2.35. The molecule has 0 aromatic heterocycles. The summed E-state index contributed by atoms with van der Waals surface area (Å²) in [6.07, 6.45) is 0. The zero-order chi connectivity index (χ0) is 12.5. The summed E-state index contributed by atoms with van der Waals surface area (Å²) >= 11 is 0. The summed E-state index contributed by atoms with van der Waals surface area (Å²) in [6.45, 7) is 4.29. The van der Waals surface area contributed by atoms with E-state index in [0.717, 1.165) is 0 Å². The summed E-state index contributed by atoms with van der Waals surface area (Å²) < 4.78 is 0. The molecule has 18 heavy (non-hydrogen) atoms. The number of hydrogen-bond acceptors (Lipinski definition) is 0. The van der Waals surface area contributed by atoms with Gasteiger partial charge in [0.05, 0.1) is 0 Å². The Kier molecular flexibility index (Phi) is 2.64. The van der Waals surface area contributed by atoms with E-state index < -0.39 is 0 Å². The van der Waals surface area contributed by atoms with Crippen LogP contribution in [-0.4, -0.2) is 0 Å². The quantitative estimate of drug-likeness (QED) is 0.546. The first-order valence-electron chi connectivity index (χ1n) is 6.30. The molecule has 88 valence electrons. The Hall–Kier alpha value is -2.08. The number of fused-ring (bicyclic) bond motifs is 1. The molecule has 0 bridgehead atoms. The molecule has 0 unspecified atom stereocenters. The minimum atomic E-state index is 1.28. The summed E-state index contributed by atoms with van der Waals surface area (Å²) in [4.78, 5) is 0. The zero-order valence-corrected chi connectivity index (χ0v) is 10.8. The maximum Gasteiger partial charge on any atom is -0.0149 e. The van der Waals surface area contributed by atoms with Gasteiger partial charge in [-0.05, 0) is 47.4 Å². The van der Waals surface area contributed by atoms with E-state index in [-0.39, 0.29) is 0 Å². The molecule has 0 N–H and O–H groups in total. The van der Waals surface area contributed by atoms with Crippen molar-refractivity contribution in [2.24, 2.45) is 0 Å². The predicted octanol–water partition coefficient (Wildman–Crippen LogP) is 5.12. The topological polar surface area (TPSA) is 0 Å². The monoisotopic (exact) mass is 232 g/mol. The SMILES string of the molecule is Cc1ccc(-c2ccc3cccc(C)c3c2)cc1. The van der Waals surface area contributed by atoms with Gasteiger partial charge in [0.15, 0.2) is 0 Å². The van der Waals surface area contributed by atoms with Crippen LogP contribution < -0.4 is 0 Å². The lowest BCUT2D eigenvalue weighted by Gasteiger charge is -2.06. The second-order valence-corrected chi connectivity index (χ2v) is 4.88. The molecule has 0 aliphatic rings. The molecule has 3 rings (SSSR count). The van der Waals surface area contributed by atoms with Crippen molar-refractivity contribution in [1.82, 2.24) is 0 Å². The van der Waals surface area contributed by atoms with Crippen molar-refractivity contribution in [3.05, 3.63) is 71.8 Å². The van der Waals surface area contributed by atoms with Crippen molar-refractivity contribution in [2.75, 3.05) is 0 Å². The number of aryl methyl sites for hydroxylation is 2. The van der Waals surface area contributed by atoms with E-state index in [2.05, 4.69) is 74.5 Å². The Balaban J connectivity index is 2.18. The highest BCUT2D eigenvalue weighted by molar-refractivity contribution is 5.89. The Morgan fingerprint density at radius 3 is 2.17 bits per heavy atom. The lowest BCUT2D eigenvalue weighted by Crippen LogP contribution is -1.82. The maximum absolute atomic E-state index is 2.29. The van der Waals surface area contributed by atoms with Crippen LogP contribution in [0.3, 0.4) is 0 Å². The molecule has 0 aliphatic heterocycles. The molecule has 0 radical (unpaired) electrons. The molecule has 0 heterocycles. The van der Waals surface area contributed by atoms with Crippen molar-refractivity contribution >= 4 is 10.8 Å². The van der Waals surface area contributed by atoms with Gasteiger partial charge in [-0.25, -0.2) is 0 Å². The van der Waals surface area contributed by atoms with Gasteiger partial charge >= 0.3 is 0 Å². The fraction of sp³-hybridized carbons (Fsp3) is 0.111. The summed E-state index contributed by atoms with van der Waals surface area (Å²) in [6, 6.07) is 21.9. The second kappa shape index (κ2) is 4.30. The summed E-state index contributed by atoms with van der Waals surface area (Å²) in [5, 5.41) is 2.65. The average Bonchev–Trinajstić information content (AvgIpc) is 2.40. The lowest BCUT2D eigenvalue weighted by molar-refractivity contribution is 1.47. The zero-order valence-electron chi connectivity index (χ0n) is 10.8. The van der Waals surface area contributed by atoms with Gasteiger partial charge in [-0.1, -0.05) is 60.2 Å². The molecular formula is C18H16. The maximum atomic E-state index is 2.29. The lowest BCUT2D eigenvalue weighted by atomic mass is 9.98. The van der Waals surface area contributed by atoms with E-state index in [9.17, 15) is 0 Å². The van der Waals surface area contributed by atoms with Gasteiger partial charge in [0.1, 0.15) is 0 Å². The molecule has 0 aliphatic carbocycles. The van der Waals surface area contributed by atoms with E-state index in [0.29, 0.717) is 0 Å². The molecule has 0 saturated carbocycles. The Morgan fingerprint density at radius 2 is 1.39 bits per heavy atom. The summed E-state index contributed by atoms with van der Waals surface area (Å²) in [5.74, 6) is 0. The van der Waals surface area contributed by atoms with Crippen molar-refractivity contribution in [2.45, 2.75) is 13.8 Å². The van der Waals surface area contributed by atoms with E-state index in [1.807, 2.05) is 0 Å². The van der Waals surface area contributed by atoms with Crippen molar-refractivity contribution in [3.8, 4) is 11.1 Å². The predicted molar refractivity (Wildman–Crippen MR) is 78.9 cm³/mol. The third-order valence-electron chi connectivity index (χ3n) is 3.49. The molecule has 0 nitrogen and oxygen atoms in total. The molecule has 0 saturated heterocycles. The number of rotatable bonds is 1. The third kappa shape index (κ3) is 1.91. The van der Waals surface area contributed by atoms with Gasteiger partial charge in [-0.3, -0.25) is 0 Å². The van der Waals surface area contributed by atoms with Crippen LogP contribution in [0.1, 0.15) is 11.1 Å². The van der Waals surface area contributed by atoms with E-state index in [4.69, 9.17) is 0 Å². The van der Waals surface area contributed by atoms with Crippen LogP contribution in [0.2, 0.25) is 0 Å². The number of hydrogen-bond donors (Lipinski definition) is 0. The van der Waals surface area contributed by atoms with Gasteiger partial charge in [0.2, 0.25) is 0 Å². The van der Waals surface area contributed by atoms with Gasteiger partial charge < -0.3 is 0 Å². The average molecular weight is 232 g/mol. The van der Waals surface area contributed by atoms with Crippen molar-refractivity contribution in [3.63, 3.8) is 0 Å². The van der Waals surface area contributed by atoms with E-state index >= 15 is 0 Å². The molecule has 0 amide bonds. The smallest absolute Gasteiger partial charge is 0.0149 e. The van der Waals surface area contributed by atoms with Crippen molar-refractivity contribution in [1.29, 1.82) is 0 Å². The minimum Gasteiger partial charge on any atom is -0.0614 e. The van der Waals surface area contributed by atoms with Crippen LogP contribution in [0.25, 0.3) is 21.9 Å². The summed E-state index contributed by atoms with van der Waals surface area (Å²) in [5.41, 5.74) is 5.21. The van der Waals surface area contributed by atoms with Crippen LogP contribution in [0.4, 0.5) is 0 Å². The number of benzene rings is 3. The first kappa shape index (κ1) is 11.0. The van der Waals surface area contributed by atoms with E-state index in [1.165, 1.54) is 33.0 Å². The molecule has 3 aromatic rings. The van der Waals surface area contributed by atoms with Gasteiger partial charge in [0, 0.05) is 0 Å². The normalized spacial score (nSPS) is 10.8. The van der Waals surface area contributed by atoms with Gasteiger partial charge in [-0.15, -0.1) is 0 Å². The van der Waals surface area contributed by atoms with Crippen LogP contribution in [0.5, 0.6) is 0 Å². The molecule has 0 fully saturated rings. The molecule has 0 atom stereocenters. The second-order valence-electron chi connectivity index (χ2n) is 4.88. The van der Waals surface area contributed by atoms with Gasteiger partial charge in [0.25, 0.3) is 0 Å². The molecule has 0 spiro atoms. The van der Waals surface area contributed by atoms with Crippen LogP contribution in [0, 0.1) is 13.8 Å². The first-order chi connectivity index (χ1) is 8.74. The first-order valence-corrected chi connectivity index (χ1v) is 6.30.